The van der Waals surface area contributed by atoms with E-state index in [0.717, 1.165) is 28.9 Å². The van der Waals surface area contributed by atoms with Gasteiger partial charge in [0.15, 0.2) is 0 Å². The number of aliphatic hydroxyl groups is 1. The van der Waals surface area contributed by atoms with Crippen molar-refractivity contribution in [2.75, 3.05) is 0 Å². The average Bonchev–Trinajstić information content (AvgIpc) is 2.72. The maximum atomic E-state index is 9.37. The van der Waals surface area contributed by atoms with Gasteiger partial charge in [-0.15, -0.1) is 0 Å². The molecule has 0 spiro atoms. The molecule has 2 rings (SSSR count). The van der Waals surface area contributed by atoms with Crippen LogP contribution in [-0.4, -0.2) is 14.9 Å². The van der Waals surface area contributed by atoms with E-state index >= 15 is 0 Å². The van der Waals surface area contributed by atoms with Crippen LogP contribution < -0.4 is 4.74 Å². The molecular formula is C15H19ClN2O2. The summed E-state index contributed by atoms with van der Waals surface area (Å²) in [5, 5.41) is 14.4. The molecule has 0 atom stereocenters. The highest BCUT2D eigenvalue weighted by Crippen LogP contribution is 2.25. The molecule has 1 aromatic heterocycles. The Kier molecular flexibility index (Phi) is 4.68. The second-order valence-electron chi connectivity index (χ2n) is 4.74. The standard InChI is InChI=1S/C15H19ClN2O2/c1-4-12-15(16)13(18(3)17-12)9-20-14-6-5-10(2)7-11(14)8-19/h5-7,19H,4,8-9H2,1-3H3. The van der Waals surface area contributed by atoms with Crippen molar-refractivity contribution in [1.29, 1.82) is 0 Å². The van der Waals surface area contributed by atoms with Crippen molar-refractivity contribution in [3.63, 3.8) is 0 Å². The molecule has 5 heteroatoms. The summed E-state index contributed by atoms with van der Waals surface area (Å²) < 4.78 is 7.53. The van der Waals surface area contributed by atoms with Gasteiger partial charge in [0.25, 0.3) is 0 Å². The van der Waals surface area contributed by atoms with Crippen molar-refractivity contribution >= 4 is 11.6 Å². The molecular weight excluding hydrogens is 276 g/mol. The summed E-state index contributed by atoms with van der Waals surface area (Å²) in [6.45, 7) is 4.28. The minimum absolute atomic E-state index is 0.0453. The summed E-state index contributed by atoms with van der Waals surface area (Å²) in [4.78, 5) is 0. The molecule has 1 N–H and O–H groups in total. The molecule has 0 saturated carbocycles. The highest BCUT2D eigenvalue weighted by Gasteiger charge is 2.14. The first-order valence-electron chi connectivity index (χ1n) is 6.60. The molecule has 1 aromatic carbocycles. The van der Waals surface area contributed by atoms with E-state index in [-0.39, 0.29) is 6.61 Å². The van der Waals surface area contributed by atoms with E-state index in [2.05, 4.69) is 5.10 Å². The van der Waals surface area contributed by atoms with Crippen LogP contribution in [0, 0.1) is 6.92 Å². The third-order valence-corrected chi connectivity index (χ3v) is 3.69. The van der Waals surface area contributed by atoms with Gasteiger partial charge in [-0.2, -0.15) is 5.10 Å². The number of ether oxygens (including phenoxy) is 1. The van der Waals surface area contributed by atoms with Crippen molar-refractivity contribution in [2.45, 2.75) is 33.5 Å². The van der Waals surface area contributed by atoms with Gasteiger partial charge in [0.1, 0.15) is 12.4 Å². The molecule has 0 aliphatic carbocycles. The molecule has 0 unspecified atom stereocenters. The van der Waals surface area contributed by atoms with Crippen LogP contribution in [0.1, 0.15) is 29.4 Å². The topological polar surface area (TPSA) is 47.3 Å². The van der Waals surface area contributed by atoms with Gasteiger partial charge in [-0.05, 0) is 19.4 Å². The van der Waals surface area contributed by atoms with E-state index in [9.17, 15) is 5.11 Å². The zero-order chi connectivity index (χ0) is 14.7. The van der Waals surface area contributed by atoms with Crippen LogP contribution >= 0.6 is 11.6 Å². The Morgan fingerprint density at radius 2 is 2.15 bits per heavy atom. The molecule has 4 nitrogen and oxygen atoms in total. The summed E-state index contributed by atoms with van der Waals surface area (Å²) in [5.41, 5.74) is 3.58. The molecule has 0 saturated heterocycles. The molecule has 0 fully saturated rings. The lowest BCUT2D eigenvalue weighted by Crippen LogP contribution is -2.05. The summed E-state index contributed by atoms with van der Waals surface area (Å²) in [6.07, 6.45) is 0.791. The zero-order valence-corrected chi connectivity index (χ0v) is 12.7. The SMILES string of the molecule is CCc1nn(C)c(COc2ccc(C)cc2CO)c1Cl. The summed E-state index contributed by atoms with van der Waals surface area (Å²) in [7, 11) is 1.85. The second-order valence-corrected chi connectivity index (χ2v) is 5.12. The molecule has 0 bridgehead atoms. The van der Waals surface area contributed by atoms with E-state index in [1.165, 1.54) is 0 Å². The first-order chi connectivity index (χ1) is 9.56. The lowest BCUT2D eigenvalue weighted by molar-refractivity contribution is 0.255. The van der Waals surface area contributed by atoms with Crippen LogP contribution in [0.25, 0.3) is 0 Å². The van der Waals surface area contributed by atoms with Crippen LogP contribution in [0.3, 0.4) is 0 Å². The van der Waals surface area contributed by atoms with Gasteiger partial charge in [0.05, 0.1) is 23.0 Å². The largest absolute Gasteiger partial charge is 0.487 e. The minimum Gasteiger partial charge on any atom is -0.487 e. The Hall–Kier alpha value is -1.52. The molecule has 20 heavy (non-hydrogen) atoms. The highest BCUT2D eigenvalue weighted by atomic mass is 35.5. The third-order valence-electron chi connectivity index (χ3n) is 3.25. The van der Waals surface area contributed by atoms with Crippen molar-refractivity contribution in [2.24, 2.45) is 7.05 Å². The fourth-order valence-corrected chi connectivity index (χ4v) is 2.44. The number of rotatable bonds is 5. The quantitative estimate of drug-likeness (QED) is 0.922. The van der Waals surface area contributed by atoms with Crippen molar-refractivity contribution in [3.8, 4) is 5.75 Å². The van der Waals surface area contributed by atoms with E-state index in [0.29, 0.717) is 17.4 Å². The monoisotopic (exact) mass is 294 g/mol. The number of nitrogens with zero attached hydrogens (tertiary/aromatic N) is 2. The number of aryl methyl sites for hydroxylation is 3. The van der Waals surface area contributed by atoms with E-state index in [1.54, 1.807) is 4.68 Å². The highest BCUT2D eigenvalue weighted by molar-refractivity contribution is 6.31. The smallest absolute Gasteiger partial charge is 0.131 e. The molecule has 2 aromatic rings. The summed E-state index contributed by atoms with van der Waals surface area (Å²) in [6, 6.07) is 5.74. The summed E-state index contributed by atoms with van der Waals surface area (Å²) >= 11 is 6.28. The molecule has 1 heterocycles. The number of hydrogen-bond acceptors (Lipinski definition) is 3. The average molecular weight is 295 g/mol. The number of hydrogen-bond donors (Lipinski definition) is 1. The van der Waals surface area contributed by atoms with E-state index in [4.69, 9.17) is 16.3 Å². The fourth-order valence-electron chi connectivity index (χ4n) is 2.10. The molecule has 0 amide bonds. The number of aliphatic hydroxyl groups excluding tert-OH is 1. The number of halogens is 1. The van der Waals surface area contributed by atoms with Gasteiger partial charge >= 0.3 is 0 Å². The van der Waals surface area contributed by atoms with E-state index < -0.39 is 0 Å². The molecule has 0 radical (unpaired) electrons. The second kappa shape index (κ2) is 6.29. The molecule has 0 aliphatic rings. The fraction of sp³-hybridized carbons (Fsp3) is 0.400. The van der Waals surface area contributed by atoms with Crippen molar-refractivity contribution < 1.29 is 9.84 Å². The normalized spacial score (nSPS) is 10.8. The van der Waals surface area contributed by atoms with Gasteiger partial charge in [0.2, 0.25) is 0 Å². The van der Waals surface area contributed by atoms with Crippen molar-refractivity contribution in [1.82, 2.24) is 9.78 Å². The molecule has 108 valence electrons. The third kappa shape index (κ3) is 2.97. The Morgan fingerprint density at radius 1 is 1.40 bits per heavy atom. The van der Waals surface area contributed by atoms with Crippen LogP contribution in [0.5, 0.6) is 5.75 Å². The van der Waals surface area contributed by atoms with Crippen LogP contribution in [-0.2, 0) is 26.7 Å². The van der Waals surface area contributed by atoms with E-state index in [1.807, 2.05) is 39.1 Å². The van der Waals surface area contributed by atoms with Crippen LogP contribution in [0.2, 0.25) is 5.02 Å². The predicted octanol–water partition coefficient (Wildman–Crippen LogP) is 3.02. The lowest BCUT2D eigenvalue weighted by Gasteiger charge is -2.11. The zero-order valence-electron chi connectivity index (χ0n) is 12.0. The van der Waals surface area contributed by atoms with Crippen LogP contribution in [0.4, 0.5) is 0 Å². The van der Waals surface area contributed by atoms with Gasteiger partial charge in [-0.25, -0.2) is 0 Å². The Bertz CT molecular complexity index is 608. The summed E-state index contributed by atoms with van der Waals surface area (Å²) in [5.74, 6) is 0.674. The van der Waals surface area contributed by atoms with Gasteiger partial charge in [-0.3, -0.25) is 4.68 Å². The van der Waals surface area contributed by atoms with Crippen molar-refractivity contribution in [3.05, 3.63) is 45.7 Å². The maximum Gasteiger partial charge on any atom is 0.131 e. The number of aromatic nitrogens is 2. The van der Waals surface area contributed by atoms with Gasteiger partial charge in [0, 0.05) is 12.6 Å². The predicted molar refractivity (Wildman–Crippen MR) is 79.0 cm³/mol. The number of benzene rings is 1. The Balaban J connectivity index is 2.19. The maximum absolute atomic E-state index is 9.37. The molecule has 0 aliphatic heterocycles. The first-order valence-corrected chi connectivity index (χ1v) is 6.98. The van der Waals surface area contributed by atoms with Gasteiger partial charge < -0.3 is 9.84 Å². The van der Waals surface area contributed by atoms with Crippen LogP contribution in [0.15, 0.2) is 18.2 Å². The Morgan fingerprint density at radius 3 is 2.75 bits per heavy atom. The lowest BCUT2D eigenvalue weighted by atomic mass is 10.1. The minimum atomic E-state index is -0.0453. The first kappa shape index (κ1) is 14.9. The van der Waals surface area contributed by atoms with Gasteiger partial charge in [-0.1, -0.05) is 36.2 Å². The Labute approximate surface area is 123 Å².